The highest BCUT2D eigenvalue weighted by molar-refractivity contribution is 5.76. The van der Waals surface area contributed by atoms with E-state index < -0.39 is 0 Å². The van der Waals surface area contributed by atoms with Crippen LogP contribution in [-0.2, 0) is 13.5 Å². The minimum Gasteiger partial charge on any atom is -0.383 e. The predicted molar refractivity (Wildman–Crippen MR) is 111 cm³/mol. The molecule has 0 aliphatic carbocycles. The molecule has 9 heteroatoms. The van der Waals surface area contributed by atoms with E-state index in [1.807, 2.05) is 23.1 Å². The van der Waals surface area contributed by atoms with Gasteiger partial charge in [0.2, 0.25) is 0 Å². The molecular weight excluding hydrogens is 370 g/mol. The maximum atomic E-state index is 12.5. The van der Waals surface area contributed by atoms with E-state index >= 15 is 0 Å². The Hall–Kier alpha value is -3.36. The number of fused-ring (bicyclic) bond motifs is 1. The van der Waals surface area contributed by atoms with Gasteiger partial charge in [-0.25, -0.2) is 14.8 Å². The van der Waals surface area contributed by atoms with Crippen LogP contribution < -0.4 is 16.6 Å². The molecule has 0 spiro atoms. The fourth-order valence-electron chi connectivity index (χ4n) is 3.92. The predicted octanol–water partition coefficient (Wildman–Crippen LogP) is 1.37. The molecule has 152 valence electrons. The number of aromatic nitrogens is 4. The molecule has 0 atom stereocenters. The number of nitrogen functional groups attached to an aromatic ring is 1. The van der Waals surface area contributed by atoms with Gasteiger partial charge in [0.25, 0.3) is 5.56 Å². The largest absolute Gasteiger partial charge is 0.383 e. The van der Waals surface area contributed by atoms with Gasteiger partial charge in [-0.2, -0.15) is 0 Å². The summed E-state index contributed by atoms with van der Waals surface area (Å²) >= 11 is 0. The van der Waals surface area contributed by atoms with E-state index in [0.29, 0.717) is 37.8 Å². The van der Waals surface area contributed by atoms with Gasteiger partial charge in [-0.3, -0.25) is 4.79 Å². The summed E-state index contributed by atoms with van der Waals surface area (Å²) in [6.07, 6.45) is 2.19. The normalized spacial score (nSPS) is 15.0. The number of para-hydroxylation sites is 2. The monoisotopic (exact) mass is 395 g/mol. The summed E-state index contributed by atoms with van der Waals surface area (Å²) in [6.45, 7) is 1.76. The molecule has 1 aromatic carbocycles. The van der Waals surface area contributed by atoms with Crippen molar-refractivity contribution in [2.24, 2.45) is 7.05 Å². The summed E-state index contributed by atoms with van der Waals surface area (Å²) in [5.41, 5.74) is 7.43. The number of piperidine rings is 1. The molecule has 1 saturated heterocycles. The van der Waals surface area contributed by atoms with Crippen molar-refractivity contribution in [3.63, 3.8) is 0 Å². The number of anilines is 1. The molecule has 0 bridgehead atoms. The second kappa shape index (κ2) is 7.94. The molecule has 9 nitrogen and oxygen atoms in total. The quantitative estimate of drug-likeness (QED) is 0.616. The molecule has 1 fully saturated rings. The van der Waals surface area contributed by atoms with Crippen LogP contribution in [0.2, 0.25) is 0 Å². The summed E-state index contributed by atoms with van der Waals surface area (Å²) in [4.78, 5) is 37.2. The number of nitrogens with two attached hydrogens (primary N) is 1. The zero-order valence-corrected chi connectivity index (χ0v) is 16.4. The summed E-state index contributed by atoms with van der Waals surface area (Å²) in [5.74, 6) is 2.08. The lowest BCUT2D eigenvalue weighted by atomic mass is 9.96. The number of amides is 2. The lowest BCUT2D eigenvalue weighted by molar-refractivity contribution is 0.180. The minimum absolute atomic E-state index is 0.0975. The van der Waals surface area contributed by atoms with Gasteiger partial charge in [0.1, 0.15) is 17.5 Å². The van der Waals surface area contributed by atoms with E-state index in [1.165, 1.54) is 6.07 Å². The van der Waals surface area contributed by atoms with Crippen molar-refractivity contribution in [2.45, 2.75) is 25.2 Å². The third-order valence-corrected chi connectivity index (χ3v) is 5.42. The van der Waals surface area contributed by atoms with Crippen molar-refractivity contribution >= 4 is 22.9 Å². The van der Waals surface area contributed by atoms with Crippen LogP contribution in [-0.4, -0.2) is 50.1 Å². The van der Waals surface area contributed by atoms with E-state index in [-0.39, 0.29) is 17.4 Å². The summed E-state index contributed by atoms with van der Waals surface area (Å²) in [7, 11) is 2.05. The standard InChI is InChI=1S/C20H25N7O2/c1-26-15-5-3-2-4-14(15)23-19(26)13-7-10-27(11-8-13)20(29)22-9-6-17-24-16(21)12-18(28)25-17/h2-5,12-13H,6-11H2,1H3,(H,22,29)(H3,21,24,25,28). The molecule has 1 aliphatic heterocycles. The van der Waals surface area contributed by atoms with Gasteiger partial charge in [-0.15, -0.1) is 0 Å². The fraction of sp³-hybridized carbons (Fsp3) is 0.400. The Kier molecular flexibility index (Phi) is 5.20. The number of nitrogens with zero attached hydrogens (tertiary/aromatic N) is 4. The number of H-pyrrole nitrogens is 1. The highest BCUT2D eigenvalue weighted by atomic mass is 16.2. The van der Waals surface area contributed by atoms with Crippen molar-refractivity contribution in [2.75, 3.05) is 25.4 Å². The molecule has 0 radical (unpaired) electrons. The second-order valence-electron chi connectivity index (χ2n) is 7.38. The Labute approximate surface area is 167 Å². The van der Waals surface area contributed by atoms with Crippen molar-refractivity contribution in [3.05, 3.63) is 52.3 Å². The zero-order chi connectivity index (χ0) is 20.4. The van der Waals surface area contributed by atoms with Crippen LogP contribution in [0.25, 0.3) is 11.0 Å². The molecule has 3 heterocycles. The molecule has 2 amide bonds. The van der Waals surface area contributed by atoms with Crippen LogP contribution >= 0.6 is 0 Å². The molecular formula is C20H25N7O2. The zero-order valence-electron chi connectivity index (χ0n) is 16.4. The van der Waals surface area contributed by atoms with Crippen LogP contribution in [0, 0.1) is 0 Å². The van der Waals surface area contributed by atoms with Crippen molar-refractivity contribution in [1.82, 2.24) is 29.7 Å². The van der Waals surface area contributed by atoms with Crippen LogP contribution in [0.1, 0.15) is 30.4 Å². The van der Waals surface area contributed by atoms with Crippen LogP contribution in [0.5, 0.6) is 0 Å². The lowest BCUT2D eigenvalue weighted by Gasteiger charge is -2.31. The first-order valence-corrected chi connectivity index (χ1v) is 9.81. The Bertz CT molecular complexity index is 1080. The number of carbonyl (C=O) groups is 1. The van der Waals surface area contributed by atoms with E-state index in [1.54, 1.807) is 0 Å². The maximum absolute atomic E-state index is 12.5. The summed E-state index contributed by atoms with van der Waals surface area (Å²) in [5, 5.41) is 2.89. The number of benzene rings is 1. The topological polar surface area (TPSA) is 122 Å². The van der Waals surface area contributed by atoms with Gasteiger partial charge in [-0.1, -0.05) is 12.1 Å². The first-order chi connectivity index (χ1) is 14.0. The van der Waals surface area contributed by atoms with E-state index in [2.05, 4.69) is 33.0 Å². The van der Waals surface area contributed by atoms with E-state index in [0.717, 1.165) is 29.7 Å². The van der Waals surface area contributed by atoms with Gasteiger partial charge in [0.15, 0.2) is 0 Å². The maximum Gasteiger partial charge on any atom is 0.317 e. The number of rotatable bonds is 4. The number of aryl methyl sites for hydroxylation is 1. The third-order valence-electron chi connectivity index (χ3n) is 5.42. The summed E-state index contributed by atoms with van der Waals surface area (Å²) in [6, 6.07) is 9.27. The Morgan fingerprint density at radius 3 is 2.76 bits per heavy atom. The highest BCUT2D eigenvalue weighted by Gasteiger charge is 2.26. The second-order valence-corrected chi connectivity index (χ2v) is 7.38. The average Bonchev–Trinajstić information content (AvgIpc) is 3.04. The minimum atomic E-state index is -0.289. The molecule has 4 rings (SSSR count). The van der Waals surface area contributed by atoms with E-state index in [9.17, 15) is 9.59 Å². The number of hydrogen-bond acceptors (Lipinski definition) is 5. The number of urea groups is 1. The lowest BCUT2D eigenvalue weighted by Crippen LogP contribution is -2.45. The van der Waals surface area contributed by atoms with Gasteiger partial charge in [-0.05, 0) is 25.0 Å². The number of aromatic amines is 1. The number of hydrogen-bond donors (Lipinski definition) is 3. The van der Waals surface area contributed by atoms with Crippen molar-refractivity contribution < 1.29 is 4.79 Å². The molecule has 29 heavy (non-hydrogen) atoms. The number of carbonyl (C=O) groups excluding carboxylic acids is 1. The molecule has 0 saturated carbocycles. The number of nitrogens with one attached hydrogen (secondary N) is 2. The first kappa shape index (κ1) is 19.0. The van der Waals surface area contributed by atoms with Gasteiger partial charge in [0.05, 0.1) is 11.0 Å². The smallest absolute Gasteiger partial charge is 0.317 e. The molecule has 0 unspecified atom stereocenters. The third kappa shape index (κ3) is 4.08. The fourth-order valence-corrected chi connectivity index (χ4v) is 3.92. The van der Waals surface area contributed by atoms with Crippen LogP contribution in [0.4, 0.5) is 10.6 Å². The SMILES string of the molecule is Cn1c(C2CCN(C(=O)NCCc3nc(N)cc(=O)[nH]3)CC2)nc2ccccc21. The Balaban J connectivity index is 1.30. The average molecular weight is 395 g/mol. The first-order valence-electron chi connectivity index (χ1n) is 9.81. The van der Waals surface area contributed by atoms with Gasteiger partial charge >= 0.3 is 6.03 Å². The van der Waals surface area contributed by atoms with Gasteiger partial charge in [0, 0.05) is 45.1 Å². The van der Waals surface area contributed by atoms with Crippen molar-refractivity contribution in [1.29, 1.82) is 0 Å². The molecule has 1 aliphatic rings. The summed E-state index contributed by atoms with van der Waals surface area (Å²) < 4.78 is 2.16. The molecule has 4 N–H and O–H groups in total. The molecule has 2 aromatic heterocycles. The molecule has 3 aromatic rings. The van der Waals surface area contributed by atoms with Gasteiger partial charge < -0.3 is 25.5 Å². The van der Waals surface area contributed by atoms with Crippen LogP contribution in [0.3, 0.4) is 0 Å². The van der Waals surface area contributed by atoms with Crippen molar-refractivity contribution in [3.8, 4) is 0 Å². The number of likely N-dealkylation sites (tertiary alicyclic amines) is 1. The van der Waals surface area contributed by atoms with Crippen LogP contribution in [0.15, 0.2) is 35.1 Å². The Morgan fingerprint density at radius 2 is 2.03 bits per heavy atom. The van der Waals surface area contributed by atoms with E-state index in [4.69, 9.17) is 10.7 Å². The Morgan fingerprint density at radius 1 is 1.28 bits per heavy atom. The number of imidazole rings is 1. The highest BCUT2D eigenvalue weighted by Crippen LogP contribution is 2.29.